The quantitative estimate of drug-likeness (QED) is 0.386. The summed E-state index contributed by atoms with van der Waals surface area (Å²) >= 11 is 0. The number of rotatable bonds is 4. The smallest absolute Gasteiger partial charge is 0.00598 e. The fourth-order valence-electron chi connectivity index (χ4n) is 0.903. The molecule has 0 aliphatic carbocycles. The van der Waals surface area contributed by atoms with E-state index in [1.807, 2.05) is 6.08 Å². The van der Waals surface area contributed by atoms with Gasteiger partial charge >= 0.3 is 0 Å². The van der Waals surface area contributed by atoms with Crippen molar-refractivity contribution >= 4 is 0 Å². The Morgan fingerprint density at radius 2 is 1.67 bits per heavy atom. The minimum Gasteiger partial charge on any atom is -0.405 e. The molecule has 0 rings (SSSR count). The van der Waals surface area contributed by atoms with E-state index in [9.17, 15) is 0 Å². The summed E-state index contributed by atoms with van der Waals surface area (Å²) < 4.78 is 0. The van der Waals surface area contributed by atoms with Gasteiger partial charge in [0.1, 0.15) is 0 Å². The predicted molar refractivity (Wildman–Crippen MR) is 55.7 cm³/mol. The lowest BCUT2D eigenvalue weighted by atomic mass is 10.2. The van der Waals surface area contributed by atoms with Crippen molar-refractivity contribution in [2.75, 3.05) is 0 Å². The molecular formula is C11H19N. The van der Waals surface area contributed by atoms with Gasteiger partial charge in [-0.05, 0) is 45.9 Å². The maximum Gasteiger partial charge on any atom is -0.00598 e. The van der Waals surface area contributed by atoms with E-state index in [2.05, 4.69) is 32.9 Å². The summed E-state index contributed by atoms with van der Waals surface area (Å²) in [7, 11) is 0. The summed E-state index contributed by atoms with van der Waals surface area (Å²) in [5.74, 6) is 0. The van der Waals surface area contributed by atoms with Gasteiger partial charge in [0.25, 0.3) is 0 Å². The molecule has 0 aliphatic rings. The van der Waals surface area contributed by atoms with Gasteiger partial charge in [0.2, 0.25) is 0 Å². The third-order valence-corrected chi connectivity index (χ3v) is 1.54. The lowest BCUT2D eigenvalue weighted by Crippen LogP contribution is -1.77. The van der Waals surface area contributed by atoms with Crippen molar-refractivity contribution in [2.24, 2.45) is 5.73 Å². The van der Waals surface area contributed by atoms with Gasteiger partial charge in [0.15, 0.2) is 0 Å². The zero-order valence-corrected chi connectivity index (χ0v) is 8.30. The average Bonchev–Trinajstić information content (AvgIpc) is 1.98. The molecule has 0 spiro atoms. The van der Waals surface area contributed by atoms with Gasteiger partial charge in [-0.15, -0.1) is 0 Å². The maximum absolute atomic E-state index is 5.25. The zero-order chi connectivity index (χ0) is 9.40. The van der Waals surface area contributed by atoms with Gasteiger partial charge < -0.3 is 5.73 Å². The van der Waals surface area contributed by atoms with Crippen molar-refractivity contribution in [3.05, 3.63) is 35.6 Å². The van der Waals surface area contributed by atoms with Crippen LogP contribution in [0.2, 0.25) is 0 Å². The van der Waals surface area contributed by atoms with E-state index in [0.29, 0.717) is 0 Å². The van der Waals surface area contributed by atoms with Crippen LogP contribution in [0, 0.1) is 0 Å². The first-order chi connectivity index (χ1) is 5.66. The van der Waals surface area contributed by atoms with E-state index in [0.717, 1.165) is 12.8 Å². The first-order valence-electron chi connectivity index (χ1n) is 4.35. The molecule has 0 aromatic carbocycles. The highest BCUT2D eigenvalue weighted by atomic mass is 14.5. The first kappa shape index (κ1) is 11.0. The van der Waals surface area contributed by atoms with Crippen LogP contribution >= 0.6 is 0 Å². The van der Waals surface area contributed by atoms with Crippen LogP contribution in [-0.4, -0.2) is 0 Å². The van der Waals surface area contributed by atoms with Crippen molar-refractivity contribution in [2.45, 2.75) is 33.6 Å². The van der Waals surface area contributed by atoms with Crippen molar-refractivity contribution in [3.63, 3.8) is 0 Å². The van der Waals surface area contributed by atoms with E-state index < -0.39 is 0 Å². The molecule has 1 nitrogen and oxygen atoms in total. The molecule has 0 amide bonds. The Hall–Kier alpha value is -0.980. The van der Waals surface area contributed by atoms with Crippen LogP contribution in [-0.2, 0) is 0 Å². The predicted octanol–water partition coefficient (Wildman–Crippen LogP) is 3.15. The van der Waals surface area contributed by atoms with E-state index in [4.69, 9.17) is 5.73 Å². The molecule has 68 valence electrons. The Kier molecular flexibility index (Phi) is 6.16. The van der Waals surface area contributed by atoms with E-state index in [-0.39, 0.29) is 0 Å². The molecule has 0 bridgehead atoms. The summed E-state index contributed by atoms with van der Waals surface area (Å²) in [6.45, 7) is 6.30. The summed E-state index contributed by atoms with van der Waals surface area (Å²) in [5.41, 5.74) is 7.87. The molecule has 0 unspecified atom stereocenters. The zero-order valence-electron chi connectivity index (χ0n) is 8.30. The van der Waals surface area contributed by atoms with Gasteiger partial charge in [0.05, 0.1) is 0 Å². The highest BCUT2D eigenvalue weighted by molar-refractivity contribution is 5.14. The van der Waals surface area contributed by atoms with Crippen LogP contribution in [0.3, 0.4) is 0 Å². The first-order valence-corrected chi connectivity index (χ1v) is 4.35. The van der Waals surface area contributed by atoms with Crippen molar-refractivity contribution in [1.29, 1.82) is 0 Å². The number of nitrogens with two attached hydrogens (primary N) is 1. The second kappa shape index (κ2) is 6.71. The summed E-state index contributed by atoms with van der Waals surface area (Å²) in [6, 6.07) is 0. The number of hydrogen-bond acceptors (Lipinski definition) is 1. The molecule has 0 fully saturated rings. The van der Waals surface area contributed by atoms with Crippen molar-refractivity contribution in [1.82, 2.24) is 0 Å². The molecule has 0 heterocycles. The van der Waals surface area contributed by atoms with E-state index in [1.54, 1.807) is 6.20 Å². The number of allylic oxidation sites excluding steroid dienone is 5. The molecule has 2 N–H and O–H groups in total. The molecule has 0 atom stereocenters. The van der Waals surface area contributed by atoms with Crippen LogP contribution in [0.1, 0.15) is 33.6 Å². The Labute approximate surface area is 75.7 Å². The third kappa shape index (κ3) is 7.13. The highest BCUT2D eigenvalue weighted by Crippen LogP contribution is 2.02. The normalized spacial score (nSPS) is 12.1. The SMILES string of the molecule is CC(C)=CCC/C=C(C)\C=C/N. The molecule has 1 heteroatoms. The van der Waals surface area contributed by atoms with Crippen LogP contribution in [0.5, 0.6) is 0 Å². The van der Waals surface area contributed by atoms with Crippen LogP contribution < -0.4 is 5.73 Å². The Morgan fingerprint density at radius 1 is 1.08 bits per heavy atom. The molecule has 0 aliphatic heterocycles. The van der Waals surface area contributed by atoms with Gasteiger partial charge in [-0.2, -0.15) is 0 Å². The summed E-state index contributed by atoms with van der Waals surface area (Å²) in [4.78, 5) is 0. The van der Waals surface area contributed by atoms with Crippen LogP contribution in [0.15, 0.2) is 35.6 Å². The minimum atomic E-state index is 1.10. The van der Waals surface area contributed by atoms with Crippen LogP contribution in [0.4, 0.5) is 0 Å². The molecule has 0 saturated carbocycles. The lowest BCUT2D eigenvalue weighted by molar-refractivity contribution is 1.02. The Bertz CT molecular complexity index is 193. The standard InChI is InChI=1S/C11H19N/c1-10(2)6-4-5-7-11(3)8-9-12/h6-9H,4-5,12H2,1-3H3/b9-8-,11-7-. The van der Waals surface area contributed by atoms with Crippen molar-refractivity contribution in [3.8, 4) is 0 Å². The Balaban J connectivity index is 3.67. The monoisotopic (exact) mass is 165 g/mol. The van der Waals surface area contributed by atoms with Crippen molar-refractivity contribution < 1.29 is 0 Å². The summed E-state index contributed by atoms with van der Waals surface area (Å²) in [6.07, 6.45) is 10.2. The molecule has 12 heavy (non-hydrogen) atoms. The van der Waals surface area contributed by atoms with Gasteiger partial charge in [0, 0.05) is 0 Å². The lowest BCUT2D eigenvalue weighted by Gasteiger charge is -1.92. The van der Waals surface area contributed by atoms with Gasteiger partial charge in [-0.25, -0.2) is 0 Å². The van der Waals surface area contributed by atoms with E-state index >= 15 is 0 Å². The van der Waals surface area contributed by atoms with Gasteiger partial charge in [-0.1, -0.05) is 23.3 Å². The number of unbranched alkanes of at least 4 members (excludes halogenated alkanes) is 1. The van der Waals surface area contributed by atoms with Gasteiger partial charge in [-0.3, -0.25) is 0 Å². The summed E-state index contributed by atoms with van der Waals surface area (Å²) in [5, 5.41) is 0. The molecule has 0 radical (unpaired) electrons. The Morgan fingerprint density at radius 3 is 2.17 bits per heavy atom. The van der Waals surface area contributed by atoms with E-state index in [1.165, 1.54) is 11.1 Å². The highest BCUT2D eigenvalue weighted by Gasteiger charge is 1.82. The molecule has 0 saturated heterocycles. The average molecular weight is 165 g/mol. The fourth-order valence-corrected chi connectivity index (χ4v) is 0.903. The topological polar surface area (TPSA) is 26.0 Å². The second-order valence-corrected chi connectivity index (χ2v) is 3.17. The third-order valence-electron chi connectivity index (χ3n) is 1.54. The largest absolute Gasteiger partial charge is 0.405 e. The maximum atomic E-state index is 5.25. The molecule has 0 aromatic heterocycles. The fraction of sp³-hybridized carbons (Fsp3) is 0.455. The number of hydrogen-bond donors (Lipinski definition) is 1. The molecule has 0 aromatic rings. The van der Waals surface area contributed by atoms with Crippen LogP contribution in [0.25, 0.3) is 0 Å². The second-order valence-electron chi connectivity index (χ2n) is 3.17. The minimum absolute atomic E-state index is 1.10. The molecular weight excluding hydrogens is 146 g/mol.